The summed E-state index contributed by atoms with van der Waals surface area (Å²) in [5, 5.41) is 3.49. The Bertz CT molecular complexity index is 166. The highest BCUT2D eigenvalue weighted by atomic mass is 15.2. The number of likely N-dealkylation sites (tertiary alicyclic amines) is 1. The molecule has 0 spiro atoms. The Morgan fingerprint density at radius 1 is 1.21 bits per heavy atom. The van der Waals surface area contributed by atoms with Gasteiger partial charge >= 0.3 is 0 Å². The average Bonchev–Trinajstić information content (AvgIpc) is 2.55. The molecule has 0 radical (unpaired) electrons. The van der Waals surface area contributed by atoms with Crippen molar-refractivity contribution < 1.29 is 0 Å². The van der Waals surface area contributed by atoms with E-state index in [4.69, 9.17) is 0 Å². The third-order valence-electron chi connectivity index (χ3n) is 3.85. The molecule has 1 aliphatic carbocycles. The average molecular weight is 196 g/mol. The van der Waals surface area contributed by atoms with Crippen LogP contribution in [0.4, 0.5) is 0 Å². The quantitative estimate of drug-likeness (QED) is 0.722. The summed E-state index contributed by atoms with van der Waals surface area (Å²) in [6.07, 6.45) is 7.30. The summed E-state index contributed by atoms with van der Waals surface area (Å²) in [5.74, 6) is 1.04. The van der Waals surface area contributed by atoms with Crippen molar-refractivity contribution in [1.82, 2.24) is 10.2 Å². The Hall–Kier alpha value is -0.0800. The van der Waals surface area contributed by atoms with Crippen LogP contribution in [0.1, 0.15) is 39.0 Å². The van der Waals surface area contributed by atoms with Crippen molar-refractivity contribution in [3.05, 3.63) is 0 Å². The second-order valence-corrected chi connectivity index (χ2v) is 4.90. The van der Waals surface area contributed by atoms with Crippen LogP contribution in [-0.4, -0.2) is 37.1 Å². The molecule has 2 nitrogen and oxygen atoms in total. The minimum atomic E-state index is 0.843. The predicted molar refractivity (Wildman–Crippen MR) is 60.5 cm³/mol. The molecular weight excluding hydrogens is 172 g/mol. The van der Waals surface area contributed by atoms with Crippen molar-refractivity contribution in [2.24, 2.45) is 5.92 Å². The van der Waals surface area contributed by atoms with Crippen LogP contribution < -0.4 is 5.32 Å². The molecule has 2 rings (SSSR count). The Morgan fingerprint density at radius 2 is 2.07 bits per heavy atom. The lowest BCUT2D eigenvalue weighted by Gasteiger charge is -2.33. The first-order chi connectivity index (χ1) is 6.90. The van der Waals surface area contributed by atoms with Gasteiger partial charge in [-0.3, -0.25) is 4.90 Å². The summed E-state index contributed by atoms with van der Waals surface area (Å²) in [6.45, 7) is 7.27. The first-order valence-corrected chi connectivity index (χ1v) is 6.35. The summed E-state index contributed by atoms with van der Waals surface area (Å²) in [4.78, 5) is 2.73. The number of nitrogens with one attached hydrogen (secondary N) is 1. The van der Waals surface area contributed by atoms with E-state index in [0.29, 0.717) is 0 Å². The van der Waals surface area contributed by atoms with Crippen molar-refractivity contribution in [3.63, 3.8) is 0 Å². The Morgan fingerprint density at radius 3 is 2.71 bits per heavy atom. The van der Waals surface area contributed by atoms with Crippen molar-refractivity contribution >= 4 is 0 Å². The zero-order valence-corrected chi connectivity index (χ0v) is 9.47. The molecule has 1 saturated heterocycles. The van der Waals surface area contributed by atoms with Crippen LogP contribution in [0.15, 0.2) is 0 Å². The van der Waals surface area contributed by atoms with E-state index in [1.807, 2.05) is 0 Å². The van der Waals surface area contributed by atoms with Crippen molar-refractivity contribution in [2.75, 3.05) is 26.2 Å². The summed E-state index contributed by atoms with van der Waals surface area (Å²) in [7, 11) is 0. The molecule has 1 aliphatic heterocycles. The molecule has 0 bridgehead atoms. The van der Waals surface area contributed by atoms with Gasteiger partial charge in [-0.25, -0.2) is 0 Å². The molecule has 82 valence electrons. The van der Waals surface area contributed by atoms with Crippen LogP contribution in [0, 0.1) is 5.92 Å². The molecule has 1 heterocycles. The van der Waals surface area contributed by atoms with Crippen LogP contribution in [0.2, 0.25) is 0 Å². The SMILES string of the molecule is CCNCC1CCCN1CC1CCC1. The van der Waals surface area contributed by atoms with Gasteiger partial charge in [0.15, 0.2) is 0 Å². The highest BCUT2D eigenvalue weighted by Crippen LogP contribution is 2.29. The van der Waals surface area contributed by atoms with Crippen LogP contribution in [0.25, 0.3) is 0 Å². The minimum absolute atomic E-state index is 0.843. The number of rotatable bonds is 5. The fraction of sp³-hybridized carbons (Fsp3) is 1.00. The number of hydrogen-bond acceptors (Lipinski definition) is 2. The van der Waals surface area contributed by atoms with Crippen LogP contribution in [-0.2, 0) is 0 Å². The van der Waals surface area contributed by atoms with Gasteiger partial charge in [0.25, 0.3) is 0 Å². The highest BCUT2D eigenvalue weighted by molar-refractivity contribution is 4.84. The fourth-order valence-corrected chi connectivity index (χ4v) is 2.68. The first-order valence-electron chi connectivity index (χ1n) is 6.35. The lowest BCUT2D eigenvalue weighted by atomic mass is 9.85. The molecule has 1 N–H and O–H groups in total. The number of likely N-dealkylation sites (N-methyl/N-ethyl adjacent to an activating group) is 1. The predicted octanol–water partition coefficient (Wildman–Crippen LogP) is 1.86. The van der Waals surface area contributed by atoms with Gasteiger partial charge in [0.05, 0.1) is 0 Å². The topological polar surface area (TPSA) is 15.3 Å². The maximum Gasteiger partial charge on any atom is 0.0221 e. The molecule has 2 fully saturated rings. The van der Waals surface area contributed by atoms with Crippen LogP contribution in [0.3, 0.4) is 0 Å². The highest BCUT2D eigenvalue weighted by Gasteiger charge is 2.28. The van der Waals surface area contributed by atoms with Crippen molar-refractivity contribution in [3.8, 4) is 0 Å². The maximum absolute atomic E-state index is 3.49. The minimum Gasteiger partial charge on any atom is -0.315 e. The Kier molecular flexibility index (Phi) is 3.82. The zero-order chi connectivity index (χ0) is 9.80. The monoisotopic (exact) mass is 196 g/mol. The molecule has 0 aromatic heterocycles. The van der Waals surface area contributed by atoms with E-state index in [2.05, 4.69) is 17.1 Å². The standard InChI is InChI=1S/C12H24N2/c1-2-13-9-12-7-4-8-14(12)10-11-5-3-6-11/h11-13H,2-10H2,1H3. The lowest BCUT2D eigenvalue weighted by molar-refractivity contribution is 0.164. The van der Waals surface area contributed by atoms with E-state index in [-0.39, 0.29) is 0 Å². The van der Waals surface area contributed by atoms with E-state index < -0.39 is 0 Å². The van der Waals surface area contributed by atoms with E-state index in [1.165, 1.54) is 51.7 Å². The van der Waals surface area contributed by atoms with E-state index >= 15 is 0 Å². The summed E-state index contributed by atoms with van der Waals surface area (Å²) in [6, 6.07) is 0.843. The Labute approximate surface area is 88.1 Å². The summed E-state index contributed by atoms with van der Waals surface area (Å²) < 4.78 is 0. The van der Waals surface area contributed by atoms with E-state index in [0.717, 1.165) is 18.5 Å². The second kappa shape index (κ2) is 5.13. The fourth-order valence-electron chi connectivity index (χ4n) is 2.68. The van der Waals surface area contributed by atoms with Gasteiger partial charge in [0.1, 0.15) is 0 Å². The van der Waals surface area contributed by atoms with Crippen molar-refractivity contribution in [2.45, 2.75) is 45.1 Å². The molecular formula is C12H24N2. The summed E-state index contributed by atoms with van der Waals surface area (Å²) >= 11 is 0. The van der Waals surface area contributed by atoms with Gasteiger partial charge in [-0.2, -0.15) is 0 Å². The van der Waals surface area contributed by atoms with Gasteiger partial charge in [0.2, 0.25) is 0 Å². The molecule has 1 atom stereocenters. The Balaban J connectivity index is 1.71. The normalized spacial score (nSPS) is 29.4. The molecule has 0 aromatic carbocycles. The molecule has 2 heteroatoms. The largest absolute Gasteiger partial charge is 0.315 e. The second-order valence-electron chi connectivity index (χ2n) is 4.90. The zero-order valence-electron chi connectivity index (χ0n) is 9.47. The lowest BCUT2D eigenvalue weighted by Crippen LogP contribution is -2.41. The summed E-state index contributed by atoms with van der Waals surface area (Å²) in [5.41, 5.74) is 0. The van der Waals surface area contributed by atoms with Gasteiger partial charge in [-0.05, 0) is 44.7 Å². The molecule has 0 amide bonds. The third kappa shape index (κ3) is 2.48. The molecule has 1 unspecified atom stereocenters. The van der Waals surface area contributed by atoms with Gasteiger partial charge < -0.3 is 5.32 Å². The van der Waals surface area contributed by atoms with E-state index in [1.54, 1.807) is 0 Å². The first kappa shape index (κ1) is 10.4. The van der Waals surface area contributed by atoms with Crippen LogP contribution >= 0.6 is 0 Å². The van der Waals surface area contributed by atoms with Gasteiger partial charge in [-0.1, -0.05) is 13.3 Å². The van der Waals surface area contributed by atoms with Crippen molar-refractivity contribution in [1.29, 1.82) is 0 Å². The molecule has 1 saturated carbocycles. The van der Waals surface area contributed by atoms with Gasteiger partial charge in [-0.15, -0.1) is 0 Å². The molecule has 14 heavy (non-hydrogen) atoms. The number of nitrogens with zero attached hydrogens (tertiary/aromatic N) is 1. The molecule has 0 aromatic rings. The number of hydrogen-bond donors (Lipinski definition) is 1. The van der Waals surface area contributed by atoms with Crippen LogP contribution in [0.5, 0.6) is 0 Å². The molecule has 2 aliphatic rings. The third-order valence-corrected chi connectivity index (χ3v) is 3.85. The smallest absolute Gasteiger partial charge is 0.0221 e. The maximum atomic E-state index is 3.49. The van der Waals surface area contributed by atoms with Gasteiger partial charge in [0, 0.05) is 19.1 Å². The van der Waals surface area contributed by atoms with E-state index in [9.17, 15) is 0 Å².